The van der Waals surface area contributed by atoms with Crippen LogP contribution in [0.4, 0.5) is 0 Å². The Morgan fingerprint density at radius 1 is 1.26 bits per heavy atom. The molecular formula is C13H17ClN2O2S. The minimum absolute atomic E-state index is 0. The number of methoxy groups -OCH3 is 2. The van der Waals surface area contributed by atoms with Gasteiger partial charge in [0.2, 0.25) is 0 Å². The third kappa shape index (κ3) is 3.59. The van der Waals surface area contributed by atoms with Crippen molar-refractivity contribution < 1.29 is 9.47 Å². The van der Waals surface area contributed by atoms with Crippen molar-refractivity contribution in [1.82, 2.24) is 4.98 Å². The van der Waals surface area contributed by atoms with E-state index in [2.05, 4.69) is 4.98 Å². The molecule has 0 amide bonds. The summed E-state index contributed by atoms with van der Waals surface area (Å²) >= 11 is 1.63. The van der Waals surface area contributed by atoms with E-state index in [0.29, 0.717) is 6.54 Å². The summed E-state index contributed by atoms with van der Waals surface area (Å²) in [4.78, 5) is 5.59. The van der Waals surface area contributed by atoms with E-state index in [1.165, 1.54) is 4.88 Å². The summed E-state index contributed by atoms with van der Waals surface area (Å²) in [5.41, 5.74) is 6.49. The molecule has 0 radical (unpaired) electrons. The van der Waals surface area contributed by atoms with Gasteiger partial charge in [-0.3, -0.25) is 0 Å². The minimum Gasteiger partial charge on any atom is -0.497 e. The Balaban J connectivity index is 0.00000180. The zero-order valence-corrected chi connectivity index (χ0v) is 12.5. The Morgan fingerprint density at radius 3 is 2.68 bits per heavy atom. The number of halogens is 1. The fraction of sp³-hybridized carbons (Fsp3) is 0.308. The van der Waals surface area contributed by atoms with Crippen LogP contribution in [0.25, 0.3) is 10.6 Å². The van der Waals surface area contributed by atoms with E-state index >= 15 is 0 Å². The van der Waals surface area contributed by atoms with Gasteiger partial charge in [-0.05, 0) is 31.2 Å². The van der Waals surface area contributed by atoms with Crippen LogP contribution in [0.15, 0.2) is 24.4 Å². The highest BCUT2D eigenvalue weighted by Gasteiger charge is 2.11. The molecule has 4 nitrogen and oxygen atoms in total. The smallest absolute Gasteiger partial charge is 0.129 e. The molecule has 0 aliphatic rings. The highest BCUT2D eigenvalue weighted by atomic mass is 35.5. The second-order valence-corrected chi connectivity index (χ2v) is 4.85. The van der Waals surface area contributed by atoms with Crippen molar-refractivity contribution in [3.63, 3.8) is 0 Å². The van der Waals surface area contributed by atoms with Gasteiger partial charge in [0, 0.05) is 11.1 Å². The fourth-order valence-corrected chi connectivity index (χ4v) is 2.62. The second kappa shape index (κ2) is 7.33. The molecule has 2 aromatic rings. The first kappa shape index (κ1) is 15.8. The molecule has 0 saturated carbocycles. The molecule has 6 heteroatoms. The van der Waals surface area contributed by atoms with Gasteiger partial charge in [0.25, 0.3) is 0 Å². The number of thiazole rings is 1. The average Bonchev–Trinajstić information content (AvgIpc) is 2.87. The van der Waals surface area contributed by atoms with Gasteiger partial charge in [-0.2, -0.15) is 0 Å². The molecule has 0 bridgehead atoms. The maximum atomic E-state index is 5.54. The van der Waals surface area contributed by atoms with Crippen LogP contribution in [0.1, 0.15) is 4.88 Å². The lowest BCUT2D eigenvalue weighted by Gasteiger charge is -2.08. The molecule has 104 valence electrons. The number of ether oxygens (including phenoxy) is 2. The average molecular weight is 301 g/mol. The van der Waals surface area contributed by atoms with Gasteiger partial charge in [0.15, 0.2) is 0 Å². The van der Waals surface area contributed by atoms with Crippen LogP contribution in [-0.4, -0.2) is 25.7 Å². The standard InChI is InChI=1S/C13H16N2O2S.ClH/c1-16-9-3-4-12(17-2)11(7-9)13-15-8-10(18-13)5-6-14;/h3-4,7-8H,5-6,14H2,1-2H3;1H. The Morgan fingerprint density at radius 2 is 2.05 bits per heavy atom. The van der Waals surface area contributed by atoms with Gasteiger partial charge >= 0.3 is 0 Å². The highest BCUT2D eigenvalue weighted by Crippen LogP contribution is 2.35. The summed E-state index contributed by atoms with van der Waals surface area (Å²) in [5, 5.41) is 0.925. The van der Waals surface area contributed by atoms with Gasteiger partial charge in [-0.25, -0.2) is 4.98 Å². The molecule has 0 unspecified atom stereocenters. The lowest BCUT2D eigenvalue weighted by atomic mass is 10.2. The third-order valence-electron chi connectivity index (χ3n) is 2.58. The van der Waals surface area contributed by atoms with E-state index < -0.39 is 0 Å². The van der Waals surface area contributed by atoms with Crippen molar-refractivity contribution in [3.05, 3.63) is 29.3 Å². The molecule has 0 saturated heterocycles. The Hall–Kier alpha value is -1.30. The minimum atomic E-state index is 0. The first-order valence-corrected chi connectivity index (χ1v) is 6.47. The van der Waals surface area contributed by atoms with Gasteiger partial charge in [0.1, 0.15) is 16.5 Å². The van der Waals surface area contributed by atoms with Gasteiger partial charge in [0.05, 0.1) is 19.8 Å². The normalized spacial score (nSPS) is 9.84. The van der Waals surface area contributed by atoms with E-state index in [1.807, 2.05) is 24.4 Å². The maximum Gasteiger partial charge on any atom is 0.129 e. The van der Waals surface area contributed by atoms with Crippen LogP contribution in [-0.2, 0) is 6.42 Å². The number of rotatable bonds is 5. The number of benzene rings is 1. The molecular weight excluding hydrogens is 284 g/mol. The Kier molecular flexibility index (Phi) is 6.08. The summed E-state index contributed by atoms with van der Waals surface area (Å²) in [7, 11) is 3.30. The zero-order valence-electron chi connectivity index (χ0n) is 10.9. The molecule has 0 aliphatic heterocycles. The lowest BCUT2D eigenvalue weighted by Crippen LogP contribution is -2.00. The van der Waals surface area contributed by atoms with Crippen molar-refractivity contribution in [2.45, 2.75) is 6.42 Å². The van der Waals surface area contributed by atoms with Crippen molar-refractivity contribution >= 4 is 23.7 Å². The number of hydrogen-bond donors (Lipinski definition) is 1. The van der Waals surface area contributed by atoms with Crippen molar-refractivity contribution in [1.29, 1.82) is 0 Å². The van der Waals surface area contributed by atoms with Crippen molar-refractivity contribution in [3.8, 4) is 22.1 Å². The Labute approximate surface area is 123 Å². The molecule has 1 aromatic carbocycles. The highest BCUT2D eigenvalue weighted by molar-refractivity contribution is 7.15. The van der Waals surface area contributed by atoms with Crippen LogP contribution >= 0.6 is 23.7 Å². The Bertz CT molecular complexity index is 531. The van der Waals surface area contributed by atoms with Gasteiger partial charge in [-0.1, -0.05) is 0 Å². The molecule has 0 fully saturated rings. The molecule has 1 heterocycles. The number of hydrogen-bond acceptors (Lipinski definition) is 5. The maximum absolute atomic E-state index is 5.54. The van der Waals surface area contributed by atoms with E-state index in [1.54, 1.807) is 25.6 Å². The van der Waals surface area contributed by atoms with Gasteiger partial charge < -0.3 is 15.2 Å². The zero-order chi connectivity index (χ0) is 13.0. The lowest BCUT2D eigenvalue weighted by molar-refractivity contribution is 0.404. The third-order valence-corrected chi connectivity index (χ3v) is 3.67. The number of nitrogens with zero attached hydrogens (tertiary/aromatic N) is 1. The summed E-state index contributed by atoms with van der Waals surface area (Å²) in [6, 6.07) is 5.69. The summed E-state index contributed by atoms with van der Waals surface area (Å²) < 4.78 is 10.6. The van der Waals surface area contributed by atoms with Crippen LogP contribution in [0.5, 0.6) is 11.5 Å². The predicted molar refractivity (Wildman–Crippen MR) is 80.7 cm³/mol. The number of aromatic nitrogens is 1. The summed E-state index contributed by atoms with van der Waals surface area (Å²) in [5.74, 6) is 1.59. The molecule has 2 N–H and O–H groups in total. The van der Waals surface area contributed by atoms with Crippen LogP contribution in [0.3, 0.4) is 0 Å². The molecule has 19 heavy (non-hydrogen) atoms. The first-order valence-electron chi connectivity index (χ1n) is 5.65. The van der Waals surface area contributed by atoms with E-state index in [0.717, 1.165) is 28.5 Å². The molecule has 0 atom stereocenters. The molecule has 0 spiro atoms. The topological polar surface area (TPSA) is 57.4 Å². The summed E-state index contributed by atoms with van der Waals surface area (Å²) in [6.07, 6.45) is 2.72. The molecule has 2 rings (SSSR count). The predicted octanol–water partition coefficient (Wildman–Crippen LogP) is 2.75. The van der Waals surface area contributed by atoms with Crippen molar-refractivity contribution in [2.75, 3.05) is 20.8 Å². The van der Waals surface area contributed by atoms with E-state index in [4.69, 9.17) is 15.2 Å². The van der Waals surface area contributed by atoms with E-state index in [-0.39, 0.29) is 12.4 Å². The first-order chi connectivity index (χ1) is 8.78. The second-order valence-electron chi connectivity index (χ2n) is 3.74. The number of nitrogens with two attached hydrogens (primary N) is 1. The molecule has 0 aliphatic carbocycles. The molecule has 1 aromatic heterocycles. The van der Waals surface area contributed by atoms with Crippen LogP contribution in [0.2, 0.25) is 0 Å². The fourth-order valence-electron chi connectivity index (χ4n) is 1.67. The van der Waals surface area contributed by atoms with Crippen LogP contribution < -0.4 is 15.2 Å². The SMILES string of the molecule is COc1ccc(OC)c(-c2ncc(CCN)s2)c1.Cl. The van der Waals surface area contributed by atoms with Crippen LogP contribution in [0, 0.1) is 0 Å². The summed E-state index contributed by atoms with van der Waals surface area (Å²) in [6.45, 7) is 0.636. The largest absolute Gasteiger partial charge is 0.497 e. The quantitative estimate of drug-likeness (QED) is 0.922. The monoisotopic (exact) mass is 300 g/mol. The van der Waals surface area contributed by atoms with E-state index in [9.17, 15) is 0 Å². The van der Waals surface area contributed by atoms with Gasteiger partial charge in [-0.15, -0.1) is 23.7 Å². The van der Waals surface area contributed by atoms with Crippen molar-refractivity contribution in [2.24, 2.45) is 5.73 Å².